The van der Waals surface area contributed by atoms with Crippen LogP contribution in [0.3, 0.4) is 0 Å². The fraction of sp³-hybridized carbons (Fsp3) is 0.312. The monoisotopic (exact) mass is 847 g/mol. The topological polar surface area (TPSA) is 198 Å². The maximum Gasteiger partial charge on any atom is 0.407 e. The molecule has 6 aromatic rings. The number of nitrogens with one attached hydrogen (secondary N) is 4. The number of alkyl carbamates (subject to hydrolysis) is 2. The van der Waals surface area contributed by atoms with Gasteiger partial charge in [0.2, 0.25) is 5.91 Å². The highest BCUT2D eigenvalue weighted by Crippen LogP contribution is 2.38. The first-order valence-electron chi connectivity index (χ1n) is 21.0. The van der Waals surface area contributed by atoms with Gasteiger partial charge in [-0.1, -0.05) is 92.7 Å². The zero-order valence-corrected chi connectivity index (χ0v) is 35.5. The Balaban J connectivity index is 0.958. The molecule has 15 heteroatoms. The minimum atomic E-state index is -1.00. The number of carbonyl (C=O) groups excluding carboxylic acids is 4. The van der Waals surface area contributed by atoms with Crippen molar-refractivity contribution >= 4 is 34.8 Å². The number of ether oxygens (including phenoxy) is 2. The predicted molar refractivity (Wildman–Crippen MR) is 235 cm³/mol. The summed E-state index contributed by atoms with van der Waals surface area (Å²) < 4.78 is 9.59. The van der Waals surface area contributed by atoms with Crippen molar-refractivity contribution in [1.29, 1.82) is 5.26 Å². The molecule has 0 radical (unpaired) electrons. The van der Waals surface area contributed by atoms with E-state index in [0.717, 1.165) is 57.3 Å². The molecule has 63 heavy (non-hydrogen) atoms. The second-order valence-electron chi connectivity index (χ2n) is 16.3. The predicted octanol–water partition coefficient (Wildman–Crippen LogP) is 7.84. The number of likely N-dealkylation sites (tertiary alicyclic amines) is 2. The number of imidazole rings is 2. The van der Waals surface area contributed by atoms with E-state index in [1.807, 2.05) is 38.2 Å². The van der Waals surface area contributed by atoms with Gasteiger partial charge in [-0.25, -0.2) is 19.6 Å². The molecule has 4 aromatic carbocycles. The normalized spacial score (nSPS) is 18.2. The van der Waals surface area contributed by atoms with Crippen molar-refractivity contribution in [3.63, 3.8) is 0 Å². The summed E-state index contributed by atoms with van der Waals surface area (Å²) in [6.07, 6.45) is 4.19. The van der Waals surface area contributed by atoms with E-state index in [4.69, 9.17) is 14.5 Å². The molecule has 322 valence electrons. The van der Waals surface area contributed by atoms with Crippen LogP contribution in [0.15, 0.2) is 103 Å². The molecule has 4 amide bonds. The van der Waals surface area contributed by atoms with E-state index in [9.17, 15) is 24.4 Å². The van der Waals surface area contributed by atoms with Crippen molar-refractivity contribution in [3.8, 4) is 39.7 Å². The van der Waals surface area contributed by atoms with Crippen LogP contribution >= 0.6 is 0 Å². The summed E-state index contributed by atoms with van der Waals surface area (Å²) in [7, 11) is 2.53. The molecule has 0 saturated carbocycles. The summed E-state index contributed by atoms with van der Waals surface area (Å²) in [4.78, 5) is 71.6. The van der Waals surface area contributed by atoms with Crippen LogP contribution in [-0.4, -0.2) is 87.1 Å². The minimum Gasteiger partial charge on any atom is -0.453 e. The summed E-state index contributed by atoms with van der Waals surface area (Å²) >= 11 is 0. The summed E-state index contributed by atoms with van der Waals surface area (Å²) in [6, 6.07) is 29.6. The van der Waals surface area contributed by atoms with Gasteiger partial charge in [0, 0.05) is 18.7 Å². The number of hydrogen-bond acceptors (Lipinski definition) is 9. The number of rotatable bonds is 11. The standard InChI is InChI=1S/C48H49N9O6/c1-28(2)41(54-47(60)62-3)45(58)56-20-8-11-39(56)43-50-26-38(53-43)36-19-18-34-22-33(16-17-35(34)23-36)30-12-14-31(15-13-30)37-25-51-44(52-37)40-21-29(24-49)27-57(40)46(59)42(55-48(61)63-4)32-9-6-5-7-10-32/h5-7,9-10,12-19,22-23,25-26,28-29,39-42H,8,11,20-21,27H2,1-4H3,(H,50,53)(H,51,52)(H,54,60)(H,55,61)/t29-,39+,40+,41+,42-/m1/s1. The number of amides is 4. The molecule has 5 atom stereocenters. The van der Waals surface area contributed by atoms with Crippen LogP contribution in [0.4, 0.5) is 9.59 Å². The van der Waals surface area contributed by atoms with Gasteiger partial charge in [0.05, 0.1) is 62.1 Å². The lowest BCUT2D eigenvalue weighted by Gasteiger charge is -2.30. The minimum absolute atomic E-state index is 0.117. The molecule has 0 unspecified atom stereocenters. The molecule has 4 N–H and O–H groups in total. The van der Waals surface area contributed by atoms with Crippen LogP contribution in [0.25, 0.3) is 44.4 Å². The number of aromatic nitrogens is 4. The molecular weight excluding hydrogens is 799 g/mol. The largest absolute Gasteiger partial charge is 0.453 e. The number of nitriles is 1. The van der Waals surface area contributed by atoms with E-state index in [-0.39, 0.29) is 30.3 Å². The Kier molecular flexibility index (Phi) is 12.2. The molecule has 2 aliphatic rings. The highest BCUT2D eigenvalue weighted by Gasteiger charge is 2.42. The van der Waals surface area contributed by atoms with Crippen molar-refractivity contribution in [2.45, 2.75) is 57.3 Å². The number of hydrogen-bond donors (Lipinski definition) is 4. The Labute approximate surface area is 364 Å². The lowest BCUT2D eigenvalue weighted by molar-refractivity contribution is -0.136. The summed E-state index contributed by atoms with van der Waals surface area (Å²) in [6.45, 7) is 4.58. The van der Waals surface area contributed by atoms with E-state index in [1.54, 1.807) is 40.3 Å². The van der Waals surface area contributed by atoms with E-state index in [0.29, 0.717) is 30.2 Å². The Bertz CT molecular complexity index is 2670. The average Bonchev–Trinajstić information content (AvgIpc) is 4.16. The molecule has 8 rings (SSSR count). The third-order valence-corrected chi connectivity index (χ3v) is 12.0. The summed E-state index contributed by atoms with van der Waals surface area (Å²) in [5.41, 5.74) is 6.20. The number of methoxy groups -OCH3 is 2. The molecule has 4 heterocycles. The van der Waals surface area contributed by atoms with E-state index < -0.39 is 36.2 Å². The molecule has 2 aromatic heterocycles. The van der Waals surface area contributed by atoms with Crippen LogP contribution < -0.4 is 10.6 Å². The van der Waals surface area contributed by atoms with Crippen molar-refractivity contribution in [2.75, 3.05) is 27.3 Å². The van der Waals surface area contributed by atoms with E-state index in [2.05, 4.69) is 80.2 Å². The van der Waals surface area contributed by atoms with Gasteiger partial charge in [-0.05, 0) is 70.3 Å². The maximum atomic E-state index is 14.1. The SMILES string of the molecule is COC(=O)N[C@H](C(=O)N1CCC[C@H]1c1ncc(-c2ccc3cc(-c4ccc(-c5cnc([C@@H]6C[C@H](C#N)CN6C(=O)[C@H](NC(=O)OC)c6ccccc6)[nH]5)cc4)ccc3c2)[nH]1)C(C)C. The van der Waals surface area contributed by atoms with Gasteiger partial charge in [0.25, 0.3) is 5.91 Å². The van der Waals surface area contributed by atoms with Crippen LogP contribution in [0, 0.1) is 23.2 Å². The van der Waals surface area contributed by atoms with Gasteiger partial charge in [-0.15, -0.1) is 0 Å². The zero-order chi connectivity index (χ0) is 44.2. The highest BCUT2D eigenvalue weighted by molar-refractivity contribution is 5.91. The molecule has 0 spiro atoms. The first kappa shape index (κ1) is 42.2. The van der Waals surface area contributed by atoms with Crippen molar-refractivity contribution in [3.05, 3.63) is 121 Å². The van der Waals surface area contributed by atoms with Gasteiger partial charge in [0.1, 0.15) is 23.7 Å². The molecule has 0 bridgehead atoms. The third kappa shape index (κ3) is 8.83. The van der Waals surface area contributed by atoms with E-state index in [1.165, 1.54) is 14.2 Å². The molecule has 2 aliphatic heterocycles. The number of benzene rings is 4. The van der Waals surface area contributed by atoms with Gasteiger partial charge in [-0.3, -0.25) is 9.59 Å². The highest BCUT2D eigenvalue weighted by atomic mass is 16.5. The van der Waals surface area contributed by atoms with E-state index >= 15 is 0 Å². The Morgan fingerprint density at radius 3 is 1.97 bits per heavy atom. The maximum absolute atomic E-state index is 14.1. The van der Waals surface area contributed by atoms with Gasteiger partial charge >= 0.3 is 12.2 Å². The average molecular weight is 848 g/mol. The summed E-state index contributed by atoms with van der Waals surface area (Å²) in [5.74, 6) is 0.256. The van der Waals surface area contributed by atoms with Crippen LogP contribution in [0.1, 0.15) is 68.4 Å². The zero-order valence-electron chi connectivity index (χ0n) is 35.5. The van der Waals surface area contributed by atoms with Crippen molar-refractivity contribution in [2.24, 2.45) is 11.8 Å². The van der Waals surface area contributed by atoms with Crippen LogP contribution in [-0.2, 0) is 19.1 Å². The van der Waals surface area contributed by atoms with Crippen molar-refractivity contribution in [1.82, 2.24) is 40.4 Å². The quantitative estimate of drug-likeness (QED) is 0.100. The van der Waals surface area contributed by atoms with Crippen molar-refractivity contribution < 1.29 is 28.7 Å². The second-order valence-corrected chi connectivity index (χ2v) is 16.3. The number of nitrogens with zero attached hydrogens (tertiary/aromatic N) is 5. The van der Waals surface area contributed by atoms with Crippen LogP contribution in [0.2, 0.25) is 0 Å². The fourth-order valence-corrected chi connectivity index (χ4v) is 8.64. The molecule has 2 fully saturated rings. The Morgan fingerprint density at radius 1 is 0.730 bits per heavy atom. The molecular formula is C48H49N9O6. The van der Waals surface area contributed by atoms with Gasteiger partial charge < -0.3 is 39.9 Å². The van der Waals surface area contributed by atoms with Gasteiger partial charge in [-0.2, -0.15) is 5.26 Å². The number of fused-ring (bicyclic) bond motifs is 1. The van der Waals surface area contributed by atoms with Gasteiger partial charge in [0.15, 0.2) is 0 Å². The lowest BCUT2D eigenvalue weighted by atomic mass is 9.98. The smallest absolute Gasteiger partial charge is 0.407 e. The van der Waals surface area contributed by atoms with Crippen LogP contribution in [0.5, 0.6) is 0 Å². The first-order chi connectivity index (χ1) is 30.5. The summed E-state index contributed by atoms with van der Waals surface area (Å²) in [5, 5.41) is 17.4. The molecule has 15 nitrogen and oxygen atoms in total. The third-order valence-electron chi connectivity index (χ3n) is 12.0. The number of H-pyrrole nitrogens is 2. The Morgan fingerprint density at radius 2 is 1.32 bits per heavy atom. The number of carbonyl (C=O) groups is 4. The Hall–Kier alpha value is -7.47. The molecule has 2 saturated heterocycles. The first-order valence-corrected chi connectivity index (χ1v) is 21.0. The lowest BCUT2D eigenvalue weighted by Crippen LogP contribution is -2.51. The fourth-order valence-electron chi connectivity index (χ4n) is 8.64. The second kappa shape index (κ2) is 18.3. The molecule has 0 aliphatic carbocycles. The number of aromatic amines is 2.